The molecule has 3 amide bonds. The molecule has 132 valence electrons. The third-order valence-electron chi connectivity index (χ3n) is 4.13. The minimum atomic E-state index is -0.205. The predicted molar refractivity (Wildman–Crippen MR) is 90.5 cm³/mol. The summed E-state index contributed by atoms with van der Waals surface area (Å²) in [6.07, 6.45) is 0.755. The molecule has 2 aromatic rings. The highest BCUT2D eigenvalue weighted by Gasteiger charge is 2.26. The number of hydrogen-bond acceptors (Lipinski definition) is 5. The van der Waals surface area contributed by atoms with Gasteiger partial charge < -0.3 is 20.1 Å². The standard InChI is InChI=1S/C17H21N5O3/c1-11-5-3-4-6-14(11)16-20-15(25-21-16)9-18-17(24)22-8-7-13(10-22)19-12(2)23/h3-6,13H,7-10H2,1-2H3,(H,18,24)(H,19,23). The molecule has 1 aliphatic rings. The van der Waals surface area contributed by atoms with Crippen LogP contribution < -0.4 is 10.6 Å². The second kappa shape index (κ2) is 7.33. The summed E-state index contributed by atoms with van der Waals surface area (Å²) < 4.78 is 5.21. The number of urea groups is 1. The van der Waals surface area contributed by atoms with Crippen molar-refractivity contribution in [2.45, 2.75) is 32.9 Å². The van der Waals surface area contributed by atoms with Crippen molar-refractivity contribution >= 4 is 11.9 Å². The molecule has 8 heteroatoms. The predicted octanol–water partition coefficient (Wildman–Crippen LogP) is 1.47. The number of carbonyl (C=O) groups excluding carboxylic acids is 2. The fraction of sp³-hybridized carbons (Fsp3) is 0.412. The van der Waals surface area contributed by atoms with Crippen molar-refractivity contribution in [3.8, 4) is 11.4 Å². The normalized spacial score (nSPS) is 16.7. The zero-order valence-electron chi connectivity index (χ0n) is 14.3. The summed E-state index contributed by atoms with van der Waals surface area (Å²) in [4.78, 5) is 29.3. The number of aromatic nitrogens is 2. The number of aryl methyl sites for hydroxylation is 1. The van der Waals surface area contributed by atoms with Gasteiger partial charge in [0, 0.05) is 31.6 Å². The van der Waals surface area contributed by atoms with Crippen LogP contribution in [0.25, 0.3) is 11.4 Å². The lowest BCUT2D eigenvalue weighted by Gasteiger charge is -2.16. The molecule has 0 saturated carbocycles. The third kappa shape index (κ3) is 4.14. The summed E-state index contributed by atoms with van der Waals surface area (Å²) in [5.41, 5.74) is 1.96. The van der Waals surface area contributed by atoms with E-state index in [0.717, 1.165) is 17.5 Å². The maximum atomic E-state index is 12.2. The number of benzene rings is 1. The number of likely N-dealkylation sites (tertiary alicyclic amines) is 1. The van der Waals surface area contributed by atoms with Gasteiger partial charge in [-0.15, -0.1) is 0 Å². The smallest absolute Gasteiger partial charge is 0.317 e. The Hall–Kier alpha value is -2.90. The van der Waals surface area contributed by atoms with E-state index >= 15 is 0 Å². The number of nitrogens with zero attached hydrogens (tertiary/aromatic N) is 3. The maximum absolute atomic E-state index is 12.2. The number of carbonyl (C=O) groups is 2. The van der Waals surface area contributed by atoms with Gasteiger partial charge in [0.15, 0.2) is 0 Å². The second-order valence-corrected chi connectivity index (χ2v) is 6.12. The van der Waals surface area contributed by atoms with E-state index in [1.165, 1.54) is 6.92 Å². The summed E-state index contributed by atoms with van der Waals surface area (Å²) in [7, 11) is 0. The maximum Gasteiger partial charge on any atom is 0.317 e. The van der Waals surface area contributed by atoms with Crippen molar-refractivity contribution in [1.29, 1.82) is 0 Å². The SMILES string of the molecule is CC(=O)NC1CCN(C(=O)NCc2nc(-c3ccccc3C)no2)C1. The van der Waals surface area contributed by atoms with Gasteiger partial charge in [-0.1, -0.05) is 29.4 Å². The highest BCUT2D eigenvalue weighted by molar-refractivity contribution is 5.75. The first kappa shape index (κ1) is 16.9. The summed E-state index contributed by atoms with van der Waals surface area (Å²) in [6, 6.07) is 7.58. The van der Waals surface area contributed by atoms with Crippen molar-refractivity contribution in [2.24, 2.45) is 0 Å². The van der Waals surface area contributed by atoms with Gasteiger partial charge in [-0.25, -0.2) is 4.79 Å². The first-order chi connectivity index (χ1) is 12.0. The molecule has 1 atom stereocenters. The van der Waals surface area contributed by atoms with Crippen LogP contribution in [0, 0.1) is 6.92 Å². The molecule has 2 heterocycles. The molecule has 0 aliphatic carbocycles. The lowest BCUT2D eigenvalue weighted by molar-refractivity contribution is -0.119. The fourth-order valence-corrected chi connectivity index (χ4v) is 2.87. The largest absolute Gasteiger partial charge is 0.352 e. The third-order valence-corrected chi connectivity index (χ3v) is 4.13. The first-order valence-corrected chi connectivity index (χ1v) is 8.21. The van der Waals surface area contributed by atoms with Crippen molar-refractivity contribution < 1.29 is 14.1 Å². The van der Waals surface area contributed by atoms with E-state index in [1.807, 2.05) is 31.2 Å². The molecule has 1 unspecified atom stereocenters. The topological polar surface area (TPSA) is 100 Å². The van der Waals surface area contributed by atoms with Crippen LogP contribution in [-0.4, -0.2) is 46.1 Å². The summed E-state index contributed by atoms with van der Waals surface area (Å²) in [6.45, 7) is 4.73. The number of nitrogens with one attached hydrogen (secondary N) is 2. The summed E-state index contributed by atoms with van der Waals surface area (Å²) >= 11 is 0. The van der Waals surface area contributed by atoms with Gasteiger partial charge in [-0.3, -0.25) is 4.79 Å². The van der Waals surface area contributed by atoms with E-state index in [0.29, 0.717) is 24.8 Å². The molecular weight excluding hydrogens is 322 g/mol. The molecule has 3 rings (SSSR count). The van der Waals surface area contributed by atoms with Crippen LogP contribution in [0.4, 0.5) is 4.79 Å². The molecule has 1 aromatic carbocycles. The van der Waals surface area contributed by atoms with Gasteiger partial charge in [0.1, 0.15) is 0 Å². The average Bonchev–Trinajstić information content (AvgIpc) is 3.22. The monoisotopic (exact) mass is 343 g/mol. The Morgan fingerprint density at radius 1 is 1.36 bits per heavy atom. The van der Waals surface area contributed by atoms with Crippen molar-refractivity contribution in [1.82, 2.24) is 25.7 Å². The Labute approximate surface area is 145 Å². The molecule has 25 heavy (non-hydrogen) atoms. The van der Waals surface area contributed by atoms with Crippen LogP contribution in [0.15, 0.2) is 28.8 Å². The van der Waals surface area contributed by atoms with E-state index in [-0.39, 0.29) is 24.5 Å². The van der Waals surface area contributed by atoms with Crippen LogP contribution in [0.3, 0.4) is 0 Å². The minimum Gasteiger partial charge on any atom is -0.352 e. The van der Waals surface area contributed by atoms with Crippen molar-refractivity contribution in [3.63, 3.8) is 0 Å². The molecular formula is C17H21N5O3. The lowest BCUT2D eigenvalue weighted by Crippen LogP contribution is -2.41. The Morgan fingerprint density at radius 3 is 2.92 bits per heavy atom. The number of amides is 3. The van der Waals surface area contributed by atoms with Crippen LogP contribution in [0.1, 0.15) is 24.8 Å². The highest BCUT2D eigenvalue weighted by Crippen LogP contribution is 2.19. The minimum absolute atomic E-state index is 0.0133. The quantitative estimate of drug-likeness (QED) is 0.875. The van der Waals surface area contributed by atoms with Gasteiger partial charge in [-0.05, 0) is 18.9 Å². The number of rotatable bonds is 4. The fourth-order valence-electron chi connectivity index (χ4n) is 2.87. The molecule has 0 bridgehead atoms. The van der Waals surface area contributed by atoms with Crippen LogP contribution >= 0.6 is 0 Å². The van der Waals surface area contributed by atoms with E-state index in [1.54, 1.807) is 4.90 Å². The van der Waals surface area contributed by atoms with Crippen molar-refractivity contribution in [2.75, 3.05) is 13.1 Å². The van der Waals surface area contributed by atoms with Crippen LogP contribution in [-0.2, 0) is 11.3 Å². The van der Waals surface area contributed by atoms with Gasteiger partial charge in [-0.2, -0.15) is 4.98 Å². The molecule has 0 radical (unpaired) electrons. The van der Waals surface area contributed by atoms with E-state index in [9.17, 15) is 9.59 Å². The van der Waals surface area contributed by atoms with E-state index < -0.39 is 0 Å². The Balaban J connectivity index is 1.53. The molecule has 0 spiro atoms. The lowest BCUT2D eigenvalue weighted by atomic mass is 10.1. The molecule has 1 aliphatic heterocycles. The average molecular weight is 343 g/mol. The van der Waals surface area contributed by atoms with E-state index in [2.05, 4.69) is 20.8 Å². The Morgan fingerprint density at radius 2 is 2.16 bits per heavy atom. The van der Waals surface area contributed by atoms with Gasteiger partial charge in [0.25, 0.3) is 0 Å². The van der Waals surface area contributed by atoms with Gasteiger partial charge in [0.2, 0.25) is 17.6 Å². The number of hydrogen-bond donors (Lipinski definition) is 2. The zero-order chi connectivity index (χ0) is 17.8. The van der Waals surface area contributed by atoms with E-state index in [4.69, 9.17) is 4.52 Å². The Bertz CT molecular complexity index is 773. The van der Waals surface area contributed by atoms with Gasteiger partial charge in [0.05, 0.1) is 6.54 Å². The zero-order valence-corrected chi connectivity index (χ0v) is 14.3. The van der Waals surface area contributed by atoms with Gasteiger partial charge >= 0.3 is 6.03 Å². The first-order valence-electron chi connectivity index (χ1n) is 8.21. The van der Waals surface area contributed by atoms with Crippen LogP contribution in [0.2, 0.25) is 0 Å². The summed E-state index contributed by atoms with van der Waals surface area (Å²) in [5, 5.41) is 9.57. The second-order valence-electron chi connectivity index (χ2n) is 6.12. The molecule has 1 aromatic heterocycles. The molecule has 1 saturated heterocycles. The highest BCUT2D eigenvalue weighted by atomic mass is 16.5. The Kier molecular flexibility index (Phi) is 4.97. The molecule has 8 nitrogen and oxygen atoms in total. The summed E-state index contributed by atoms with van der Waals surface area (Å²) in [5.74, 6) is 0.778. The molecule has 2 N–H and O–H groups in total. The van der Waals surface area contributed by atoms with Crippen molar-refractivity contribution in [3.05, 3.63) is 35.7 Å². The molecule has 1 fully saturated rings. The van der Waals surface area contributed by atoms with Crippen LogP contribution in [0.5, 0.6) is 0 Å².